The van der Waals surface area contributed by atoms with Crippen LogP contribution in [0.15, 0.2) is 35.1 Å². The van der Waals surface area contributed by atoms with Crippen LogP contribution in [0, 0.1) is 0 Å². The first kappa shape index (κ1) is 18.0. The highest BCUT2D eigenvalue weighted by molar-refractivity contribution is 5.66. The Hall–Kier alpha value is -2.34. The largest absolute Gasteiger partial charge is 0.493 e. The number of benzene rings is 1. The molecule has 0 unspecified atom stereocenters. The van der Waals surface area contributed by atoms with Crippen LogP contribution in [0.1, 0.15) is 43.6 Å². The van der Waals surface area contributed by atoms with Crippen molar-refractivity contribution in [3.05, 3.63) is 47.3 Å². The molecule has 0 radical (unpaired) electrons. The van der Waals surface area contributed by atoms with E-state index in [1.807, 2.05) is 38.2 Å². The van der Waals surface area contributed by atoms with Gasteiger partial charge in [-0.25, -0.2) is 0 Å². The second-order valence-corrected chi connectivity index (χ2v) is 5.67. The van der Waals surface area contributed by atoms with Crippen molar-refractivity contribution < 1.29 is 18.8 Å². The van der Waals surface area contributed by atoms with E-state index in [4.69, 9.17) is 14.0 Å². The van der Waals surface area contributed by atoms with Gasteiger partial charge in [0.1, 0.15) is 24.3 Å². The van der Waals surface area contributed by atoms with E-state index < -0.39 is 0 Å². The summed E-state index contributed by atoms with van der Waals surface area (Å²) >= 11 is 0. The number of hydrogen-bond donors (Lipinski definition) is 0. The molecule has 0 saturated heterocycles. The lowest BCUT2D eigenvalue weighted by molar-refractivity contribution is -0.142. The van der Waals surface area contributed by atoms with E-state index in [9.17, 15) is 4.79 Å². The zero-order valence-corrected chi connectivity index (χ0v) is 14.6. The molecule has 1 aromatic heterocycles. The van der Waals surface area contributed by atoms with Crippen LogP contribution in [0.4, 0.5) is 0 Å². The third-order valence-electron chi connectivity index (χ3n) is 3.83. The molecule has 1 heterocycles. The van der Waals surface area contributed by atoms with Gasteiger partial charge < -0.3 is 14.0 Å². The highest BCUT2D eigenvalue weighted by atomic mass is 16.5. The predicted octanol–water partition coefficient (Wildman–Crippen LogP) is 3.33. The summed E-state index contributed by atoms with van der Waals surface area (Å²) in [6.07, 6.45) is 1.58. The van der Waals surface area contributed by atoms with E-state index in [-0.39, 0.29) is 18.6 Å². The number of aromatic nitrogens is 1. The van der Waals surface area contributed by atoms with E-state index in [0.717, 1.165) is 29.1 Å². The second kappa shape index (κ2) is 8.49. The van der Waals surface area contributed by atoms with Gasteiger partial charge in [0, 0.05) is 25.1 Å². The molecular weight excluding hydrogens is 308 g/mol. The molecule has 6 nitrogen and oxygen atoms in total. The Bertz CT molecular complexity index is 655. The van der Waals surface area contributed by atoms with Gasteiger partial charge in [0.2, 0.25) is 0 Å². The Kier molecular flexibility index (Phi) is 6.37. The van der Waals surface area contributed by atoms with Gasteiger partial charge in [-0.2, -0.15) is 0 Å². The third-order valence-corrected chi connectivity index (χ3v) is 3.83. The monoisotopic (exact) mass is 332 g/mol. The number of carbonyl (C=O) groups is 1. The molecule has 6 heteroatoms. The Morgan fingerprint density at radius 1 is 1.38 bits per heavy atom. The number of nitrogens with zero attached hydrogens (tertiary/aromatic N) is 2. The van der Waals surface area contributed by atoms with E-state index in [2.05, 4.69) is 17.0 Å². The minimum atomic E-state index is -0.306. The highest BCUT2D eigenvalue weighted by Crippen LogP contribution is 2.24. The van der Waals surface area contributed by atoms with E-state index >= 15 is 0 Å². The maximum atomic E-state index is 11.1. The molecule has 24 heavy (non-hydrogen) atoms. The summed E-state index contributed by atoms with van der Waals surface area (Å²) in [7, 11) is 2.03. The van der Waals surface area contributed by atoms with Crippen LogP contribution in [0.25, 0.3) is 0 Å². The smallest absolute Gasteiger partial charge is 0.302 e. The summed E-state index contributed by atoms with van der Waals surface area (Å²) in [5, 5.41) is 3.99. The Labute approximate surface area is 142 Å². The molecule has 0 bridgehead atoms. The number of esters is 1. The standard InChI is InChI=1S/C18H24N2O4/c1-5-22-18-7-6-15(10-16(18)12-23-14(3)21)11-20(4)13(2)17-8-9-24-19-17/h6-10,13H,5,11-12H2,1-4H3/t13-/m1/s1. The van der Waals surface area contributed by atoms with E-state index in [0.29, 0.717) is 6.61 Å². The van der Waals surface area contributed by atoms with Crippen molar-refractivity contribution in [1.29, 1.82) is 0 Å². The average molecular weight is 332 g/mol. The van der Waals surface area contributed by atoms with Crippen LogP contribution in [-0.2, 0) is 22.7 Å². The fourth-order valence-corrected chi connectivity index (χ4v) is 2.41. The second-order valence-electron chi connectivity index (χ2n) is 5.67. The number of rotatable bonds is 8. The topological polar surface area (TPSA) is 64.8 Å². The molecule has 1 aromatic carbocycles. The van der Waals surface area contributed by atoms with Crippen LogP contribution in [0.5, 0.6) is 5.75 Å². The van der Waals surface area contributed by atoms with Crippen LogP contribution in [0.3, 0.4) is 0 Å². The lowest BCUT2D eigenvalue weighted by atomic mass is 10.1. The van der Waals surface area contributed by atoms with Crippen molar-refractivity contribution >= 4 is 5.97 Å². The van der Waals surface area contributed by atoms with Crippen LogP contribution >= 0.6 is 0 Å². The first-order valence-electron chi connectivity index (χ1n) is 7.99. The summed E-state index contributed by atoms with van der Waals surface area (Å²) in [6.45, 7) is 6.91. The zero-order chi connectivity index (χ0) is 17.5. The summed E-state index contributed by atoms with van der Waals surface area (Å²) in [6, 6.07) is 7.96. The molecule has 2 rings (SSSR count). The fraction of sp³-hybridized carbons (Fsp3) is 0.444. The molecule has 0 spiro atoms. The van der Waals surface area contributed by atoms with Crippen LogP contribution in [-0.4, -0.2) is 29.7 Å². The lowest BCUT2D eigenvalue weighted by Crippen LogP contribution is -2.22. The molecule has 0 aliphatic heterocycles. The maximum absolute atomic E-state index is 11.1. The summed E-state index contributed by atoms with van der Waals surface area (Å²) in [5.74, 6) is 0.439. The van der Waals surface area contributed by atoms with Gasteiger partial charge in [-0.3, -0.25) is 9.69 Å². The molecule has 2 aromatic rings. The molecule has 1 atom stereocenters. The Morgan fingerprint density at radius 2 is 2.17 bits per heavy atom. The van der Waals surface area contributed by atoms with Crippen molar-refractivity contribution in [3.8, 4) is 5.75 Å². The Balaban J connectivity index is 2.11. The van der Waals surface area contributed by atoms with Crippen molar-refractivity contribution in [2.75, 3.05) is 13.7 Å². The van der Waals surface area contributed by atoms with Gasteiger partial charge in [-0.1, -0.05) is 11.2 Å². The zero-order valence-electron chi connectivity index (χ0n) is 14.6. The minimum Gasteiger partial charge on any atom is -0.493 e. The summed E-state index contributed by atoms with van der Waals surface area (Å²) in [5.41, 5.74) is 2.87. The van der Waals surface area contributed by atoms with Crippen molar-refractivity contribution in [3.63, 3.8) is 0 Å². The van der Waals surface area contributed by atoms with Crippen LogP contribution < -0.4 is 4.74 Å². The van der Waals surface area contributed by atoms with Crippen molar-refractivity contribution in [2.24, 2.45) is 0 Å². The molecule has 0 saturated carbocycles. The lowest BCUT2D eigenvalue weighted by Gasteiger charge is -2.23. The van der Waals surface area contributed by atoms with E-state index in [1.54, 1.807) is 6.26 Å². The predicted molar refractivity (Wildman–Crippen MR) is 89.5 cm³/mol. The summed E-state index contributed by atoms with van der Waals surface area (Å²) in [4.78, 5) is 13.3. The van der Waals surface area contributed by atoms with Crippen molar-refractivity contribution in [2.45, 2.75) is 40.0 Å². The third kappa shape index (κ3) is 4.83. The van der Waals surface area contributed by atoms with Crippen LogP contribution in [0.2, 0.25) is 0 Å². The first-order chi connectivity index (χ1) is 11.5. The molecule has 0 N–H and O–H groups in total. The normalized spacial score (nSPS) is 12.2. The number of carbonyl (C=O) groups excluding carboxylic acids is 1. The van der Waals surface area contributed by atoms with Gasteiger partial charge in [0.25, 0.3) is 0 Å². The average Bonchev–Trinajstić information content (AvgIpc) is 3.08. The molecule has 0 aliphatic carbocycles. The minimum absolute atomic E-state index is 0.132. The van der Waals surface area contributed by atoms with Crippen molar-refractivity contribution in [1.82, 2.24) is 10.1 Å². The number of hydrogen-bond acceptors (Lipinski definition) is 6. The Morgan fingerprint density at radius 3 is 2.79 bits per heavy atom. The quantitative estimate of drug-likeness (QED) is 0.691. The molecule has 0 aliphatic rings. The molecular formula is C18H24N2O4. The molecule has 130 valence electrons. The van der Waals surface area contributed by atoms with Gasteiger partial charge in [-0.15, -0.1) is 0 Å². The van der Waals surface area contributed by atoms with Gasteiger partial charge >= 0.3 is 5.97 Å². The molecule has 0 fully saturated rings. The van der Waals surface area contributed by atoms with E-state index in [1.165, 1.54) is 6.92 Å². The fourth-order valence-electron chi connectivity index (χ4n) is 2.41. The number of ether oxygens (including phenoxy) is 2. The maximum Gasteiger partial charge on any atom is 0.302 e. The van der Waals surface area contributed by atoms with Gasteiger partial charge in [-0.05, 0) is 38.6 Å². The first-order valence-corrected chi connectivity index (χ1v) is 7.99. The highest BCUT2D eigenvalue weighted by Gasteiger charge is 2.15. The van der Waals surface area contributed by atoms with Gasteiger partial charge in [0.15, 0.2) is 0 Å². The SMILES string of the molecule is CCOc1ccc(CN(C)[C@H](C)c2ccon2)cc1COC(C)=O. The van der Waals surface area contributed by atoms with Gasteiger partial charge in [0.05, 0.1) is 12.6 Å². The summed E-state index contributed by atoms with van der Waals surface area (Å²) < 4.78 is 15.6. The molecule has 0 amide bonds.